The lowest BCUT2D eigenvalue weighted by molar-refractivity contribution is -0.355. The standard InChI is InChI=1S/C12H15F7O3/c1-2-3-4-5-8(20)22-9(21)6-7-10(13,14)11(15,16)12(17,18)19/h2-7H2,1H3. The molecule has 0 bridgehead atoms. The Hall–Kier alpha value is -1.35. The number of rotatable bonds is 8. The van der Waals surface area contributed by atoms with Crippen molar-refractivity contribution in [3.05, 3.63) is 0 Å². The summed E-state index contributed by atoms with van der Waals surface area (Å²) in [6, 6.07) is 0. The van der Waals surface area contributed by atoms with Gasteiger partial charge >= 0.3 is 30.0 Å². The molecule has 3 nitrogen and oxygen atoms in total. The van der Waals surface area contributed by atoms with E-state index in [2.05, 4.69) is 4.74 Å². The van der Waals surface area contributed by atoms with E-state index in [-0.39, 0.29) is 6.42 Å². The van der Waals surface area contributed by atoms with Gasteiger partial charge in [-0.3, -0.25) is 9.59 Å². The van der Waals surface area contributed by atoms with Crippen molar-refractivity contribution in [2.75, 3.05) is 0 Å². The van der Waals surface area contributed by atoms with Crippen LogP contribution < -0.4 is 0 Å². The van der Waals surface area contributed by atoms with Crippen molar-refractivity contribution in [1.29, 1.82) is 0 Å². The molecular weight excluding hydrogens is 325 g/mol. The second kappa shape index (κ2) is 7.77. The maximum absolute atomic E-state index is 12.9. The zero-order valence-corrected chi connectivity index (χ0v) is 11.6. The van der Waals surface area contributed by atoms with Gasteiger partial charge in [-0.1, -0.05) is 19.8 Å². The van der Waals surface area contributed by atoms with Gasteiger partial charge in [-0.15, -0.1) is 0 Å². The van der Waals surface area contributed by atoms with Crippen molar-refractivity contribution in [1.82, 2.24) is 0 Å². The average Bonchev–Trinajstić information content (AvgIpc) is 2.35. The molecule has 130 valence electrons. The second-order valence-electron chi connectivity index (χ2n) is 4.58. The van der Waals surface area contributed by atoms with Gasteiger partial charge in [-0.05, 0) is 6.42 Å². The van der Waals surface area contributed by atoms with Crippen LogP contribution >= 0.6 is 0 Å². The van der Waals surface area contributed by atoms with E-state index in [1.54, 1.807) is 0 Å². The zero-order chi connectivity index (χ0) is 17.6. The predicted octanol–water partition coefficient (Wildman–Crippen LogP) is 4.25. The molecule has 0 aliphatic carbocycles. The molecule has 0 aliphatic rings. The van der Waals surface area contributed by atoms with Gasteiger partial charge in [0, 0.05) is 12.8 Å². The third-order valence-corrected chi connectivity index (χ3v) is 2.67. The third-order valence-electron chi connectivity index (χ3n) is 2.67. The number of carbonyl (C=O) groups is 2. The molecule has 0 saturated carbocycles. The highest BCUT2D eigenvalue weighted by atomic mass is 19.4. The van der Waals surface area contributed by atoms with Crippen LogP contribution in [0.3, 0.4) is 0 Å². The molecule has 22 heavy (non-hydrogen) atoms. The fourth-order valence-electron chi connectivity index (χ4n) is 1.37. The maximum Gasteiger partial charge on any atom is 0.459 e. The molecule has 0 aliphatic heterocycles. The first-order chi connectivity index (χ1) is 9.85. The van der Waals surface area contributed by atoms with Gasteiger partial charge < -0.3 is 4.74 Å². The summed E-state index contributed by atoms with van der Waals surface area (Å²) in [7, 11) is 0. The molecule has 0 radical (unpaired) electrons. The molecular formula is C12H15F7O3. The molecule has 0 fully saturated rings. The van der Waals surface area contributed by atoms with Gasteiger partial charge in [0.2, 0.25) is 0 Å². The van der Waals surface area contributed by atoms with Crippen molar-refractivity contribution in [2.24, 2.45) is 0 Å². The van der Waals surface area contributed by atoms with Crippen LogP contribution in [0.2, 0.25) is 0 Å². The van der Waals surface area contributed by atoms with Crippen molar-refractivity contribution >= 4 is 11.9 Å². The first kappa shape index (κ1) is 20.6. The highest BCUT2D eigenvalue weighted by Crippen LogP contribution is 2.48. The lowest BCUT2D eigenvalue weighted by Crippen LogP contribution is -2.52. The van der Waals surface area contributed by atoms with E-state index in [0.29, 0.717) is 12.8 Å². The minimum absolute atomic E-state index is 0.172. The predicted molar refractivity (Wildman–Crippen MR) is 60.4 cm³/mol. The monoisotopic (exact) mass is 340 g/mol. The number of alkyl halides is 7. The van der Waals surface area contributed by atoms with Crippen molar-refractivity contribution in [3.63, 3.8) is 0 Å². The number of hydrogen-bond acceptors (Lipinski definition) is 3. The Kier molecular flexibility index (Phi) is 7.30. The number of carbonyl (C=O) groups excluding carboxylic acids is 2. The van der Waals surface area contributed by atoms with Crippen LogP contribution in [0.15, 0.2) is 0 Å². The van der Waals surface area contributed by atoms with Gasteiger partial charge in [0.15, 0.2) is 0 Å². The molecule has 0 aromatic rings. The molecule has 0 saturated heterocycles. The third kappa shape index (κ3) is 5.80. The minimum atomic E-state index is -6.45. The number of unbranched alkanes of at least 4 members (excludes halogenated alkanes) is 2. The normalized spacial score (nSPS) is 13.1. The van der Waals surface area contributed by atoms with Crippen molar-refractivity contribution in [3.8, 4) is 0 Å². The van der Waals surface area contributed by atoms with E-state index in [0.717, 1.165) is 6.42 Å². The Morgan fingerprint density at radius 1 is 0.864 bits per heavy atom. The maximum atomic E-state index is 12.9. The lowest BCUT2D eigenvalue weighted by Gasteiger charge is -2.27. The molecule has 0 rings (SSSR count). The number of esters is 2. The van der Waals surface area contributed by atoms with E-state index in [4.69, 9.17) is 0 Å². The Balaban J connectivity index is 4.43. The van der Waals surface area contributed by atoms with Gasteiger partial charge in [0.25, 0.3) is 0 Å². The van der Waals surface area contributed by atoms with Crippen LogP contribution in [0.25, 0.3) is 0 Å². The van der Waals surface area contributed by atoms with Crippen LogP contribution in [0.5, 0.6) is 0 Å². The summed E-state index contributed by atoms with van der Waals surface area (Å²) in [5.74, 6) is -14.4. The highest BCUT2D eigenvalue weighted by molar-refractivity contribution is 5.85. The highest BCUT2D eigenvalue weighted by Gasteiger charge is 2.72. The van der Waals surface area contributed by atoms with E-state index in [1.165, 1.54) is 0 Å². The first-order valence-corrected chi connectivity index (χ1v) is 6.41. The SMILES string of the molecule is CCCCCC(=O)OC(=O)CCC(F)(F)C(F)(F)C(F)(F)F. The van der Waals surface area contributed by atoms with Crippen LogP contribution in [0.1, 0.15) is 45.4 Å². The molecule has 0 spiro atoms. The summed E-state index contributed by atoms with van der Waals surface area (Å²) < 4.78 is 90.4. The quantitative estimate of drug-likeness (QED) is 0.287. The summed E-state index contributed by atoms with van der Waals surface area (Å²) in [6.07, 6.45) is -8.34. The van der Waals surface area contributed by atoms with E-state index in [1.807, 2.05) is 6.92 Å². The zero-order valence-electron chi connectivity index (χ0n) is 11.6. The van der Waals surface area contributed by atoms with Crippen LogP contribution in [-0.4, -0.2) is 30.0 Å². The van der Waals surface area contributed by atoms with Crippen molar-refractivity contribution in [2.45, 2.75) is 63.5 Å². The van der Waals surface area contributed by atoms with Crippen LogP contribution in [0.4, 0.5) is 30.7 Å². The molecule has 0 aromatic carbocycles. The number of halogens is 7. The van der Waals surface area contributed by atoms with E-state index >= 15 is 0 Å². The van der Waals surface area contributed by atoms with Crippen molar-refractivity contribution < 1.29 is 45.1 Å². The largest absolute Gasteiger partial charge is 0.459 e. The van der Waals surface area contributed by atoms with Gasteiger partial charge in [0.05, 0.1) is 6.42 Å². The summed E-state index contributed by atoms with van der Waals surface area (Å²) in [4.78, 5) is 22.1. The second-order valence-corrected chi connectivity index (χ2v) is 4.58. The summed E-state index contributed by atoms with van der Waals surface area (Å²) in [6.45, 7) is 1.83. The molecule has 0 amide bonds. The fraction of sp³-hybridized carbons (Fsp3) is 0.833. The Labute approximate surface area is 121 Å². The number of ether oxygens (including phenoxy) is 1. The molecule has 10 heteroatoms. The first-order valence-electron chi connectivity index (χ1n) is 6.41. The average molecular weight is 340 g/mol. The van der Waals surface area contributed by atoms with Gasteiger partial charge in [-0.25, -0.2) is 0 Å². The topological polar surface area (TPSA) is 43.4 Å². The lowest BCUT2D eigenvalue weighted by atomic mass is 10.1. The Bertz CT molecular complexity index is 391. The van der Waals surface area contributed by atoms with Crippen LogP contribution in [-0.2, 0) is 14.3 Å². The molecule has 0 heterocycles. The number of hydrogen-bond donors (Lipinski definition) is 0. The molecule has 0 unspecified atom stereocenters. The van der Waals surface area contributed by atoms with Crippen LogP contribution in [0, 0.1) is 0 Å². The molecule has 0 aromatic heterocycles. The fourth-order valence-corrected chi connectivity index (χ4v) is 1.37. The Morgan fingerprint density at radius 3 is 1.82 bits per heavy atom. The van der Waals surface area contributed by atoms with E-state index < -0.39 is 42.8 Å². The minimum Gasteiger partial charge on any atom is -0.393 e. The summed E-state index contributed by atoms with van der Waals surface area (Å²) in [5.41, 5.74) is 0. The van der Waals surface area contributed by atoms with E-state index in [9.17, 15) is 40.3 Å². The smallest absolute Gasteiger partial charge is 0.393 e. The summed E-state index contributed by atoms with van der Waals surface area (Å²) >= 11 is 0. The van der Waals surface area contributed by atoms with Gasteiger partial charge in [-0.2, -0.15) is 30.7 Å². The summed E-state index contributed by atoms with van der Waals surface area (Å²) in [5, 5.41) is 0. The Morgan fingerprint density at radius 2 is 1.36 bits per heavy atom. The molecule has 0 N–H and O–H groups in total. The van der Waals surface area contributed by atoms with Gasteiger partial charge in [0.1, 0.15) is 0 Å². The molecule has 0 atom stereocenters.